The van der Waals surface area contributed by atoms with Crippen molar-refractivity contribution in [2.24, 2.45) is 0 Å². The lowest BCUT2D eigenvalue weighted by atomic mass is 9.99. The molecule has 41 heavy (non-hydrogen) atoms. The second kappa shape index (κ2) is 11.3. The van der Waals surface area contributed by atoms with Crippen LogP contribution in [0.15, 0.2) is 83.9 Å². The van der Waals surface area contributed by atoms with Crippen LogP contribution in [0.5, 0.6) is 0 Å². The molecule has 0 atom stereocenters. The van der Waals surface area contributed by atoms with E-state index in [1.54, 1.807) is 17.0 Å². The molecule has 0 fully saturated rings. The lowest BCUT2D eigenvalue weighted by Crippen LogP contribution is -2.23. The number of likely N-dealkylation sites (N-methyl/N-ethyl adjacent to an activating group) is 1. The summed E-state index contributed by atoms with van der Waals surface area (Å²) in [5, 5.41) is 4.56. The molecule has 6 rings (SSSR count). The predicted molar refractivity (Wildman–Crippen MR) is 168 cm³/mol. The number of fused-ring (bicyclic) bond motifs is 1. The van der Waals surface area contributed by atoms with Gasteiger partial charge in [-0.1, -0.05) is 48.0 Å². The Labute approximate surface area is 244 Å². The maximum absolute atomic E-state index is 13.7. The van der Waals surface area contributed by atoms with Gasteiger partial charge in [0.15, 0.2) is 0 Å². The number of pyridine rings is 2. The predicted octanol–water partition coefficient (Wildman–Crippen LogP) is 6.96. The zero-order valence-electron chi connectivity index (χ0n) is 23.4. The molecule has 1 N–H and O–H groups in total. The van der Waals surface area contributed by atoms with E-state index in [4.69, 9.17) is 16.6 Å². The van der Waals surface area contributed by atoms with E-state index >= 15 is 0 Å². The second-order valence-corrected chi connectivity index (χ2v) is 10.8. The van der Waals surface area contributed by atoms with E-state index < -0.39 is 0 Å². The number of rotatable bonds is 6. The van der Waals surface area contributed by atoms with Gasteiger partial charge in [0.2, 0.25) is 5.95 Å². The molecule has 0 radical (unpaired) electrons. The van der Waals surface area contributed by atoms with E-state index in [-0.39, 0.29) is 5.56 Å². The molecule has 4 heterocycles. The Bertz CT molecular complexity index is 1840. The molecule has 1 aliphatic rings. The fraction of sp³-hybridized carbons (Fsp3) is 0.212. The number of aromatic nitrogens is 4. The molecule has 2 aromatic carbocycles. The number of nitrogens with zero attached hydrogens (tertiary/aromatic N) is 5. The van der Waals surface area contributed by atoms with Crippen molar-refractivity contribution >= 4 is 39.8 Å². The molecule has 0 amide bonds. The third-order valence-corrected chi connectivity index (χ3v) is 7.96. The number of aryl methyl sites for hydroxylation is 2. The lowest BCUT2D eigenvalue weighted by Gasteiger charge is -2.22. The van der Waals surface area contributed by atoms with Gasteiger partial charge in [-0.25, -0.2) is 4.98 Å². The van der Waals surface area contributed by atoms with E-state index in [1.165, 1.54) is 11.1 Å². The molecular formula is C33H31ClN6O. The average Bonchev–Trinajstić information content (AvgIpc) is 2.98. The van der Waals surface area contributed by atoms with Crippen LogP contribution in [-0.2, 0) is 6.54 Å². The number of benzene rings is 2. The quantitative estimate of drug-likeness (QED) is 0.241. The SMILES string of the molecule is CCn1c(=O)c(-c2ccc(-c3cccnc3C)cc2Cl)cc2cnc(Nc3ccc(C4=CCN(C)CC4)cc3)nc21. The maximum atomic E-state index is 13.7. The fourth-order valence-corrected chi connectivity index (χ4v) is 5.61. The highest BCUT2D eigenvalue weighted by Crippen LogP contribution is 2.33. The van der Waals surface area contributed by atoms with Gasteiger partial charge in [-0.2, -0.15) is 4.98 Å². The highest BCUT2D eigenvalue weighted by molar-refractivity contribution is 6.33. The molecule has 206 valence electrons. The summed E-state index contributed by atoms with van der Waals surface area (Å²) >= 11 is 6.75. The number of nitrogens with one attached hydrogen (secondary N) is 1. The second-order valence-electron chi connectivity index (χ2n) is 10.4. The number of hydrogen-bond donors (Lipinski definition) is 1. The van der Waals surface area contributed by atoms with Crippen molar-refractivity contribution in [3.63, 3.8) is 0 Å². The van der Waals surface area contributed by atoms with Crippen molar-refractivity contribution in [2.75, 3.05) is 25.5 Å². The van der Waals surface area contributed by atoms with Crippen LogP contribution < -0.4 is 10.9 Å². The monoisotopic (exact) mass is 562 g/mol. The topological polar surface area (TPSA) is 75.9 Å². The molecule has 0 unspecified atom stereocenters. The van der Waals surface area contributed by atoms with Gasteiger partial charge < -0.3 is 10.2 Å². The molecule has 0 aliphatic carbocycles. The van der Waals surface area contributed by atoms with Crippen molar-refractivity contribution in [1.29, 1.82) is 0 Å². The van der Waals surface area contributed by atoms with Gasteiger partial charge >= 0.3 is 0 Å². The summed E-state index contributed by atoms with van der Waals surface area (Å²) in [6.07, 6.45) is 6.86. The Kier molecular flexibility index (Phi) is 7.39. The Morgan fingerprint density at radius 2 is 1.78 bits per heavy atom. The third-order valence-electron chi connectivity index (χ3n) is 7.64. The minimum absolute atomic E-state index is 0.146. The summed E-state index contributed by atoms with van der Waals surface area (Å²) in [6.45, 7) is 6.41. The van der Waals surface area contributed by atoms with Gasteiger partial charge in [0.05, 0.1) is 0 Å². The van der Waals surface area contributed by atoms with E-state index in [9.17, 15) is 4.79 Å². The first-order valence-corrected chi connectivity index (χ1v) is 14.2. The number of hydrogen-bond acceptors (Lipinski definition) is 6. The van der Waals surface area contributed by atoms with Crippen LogP contribution in [0.4, 0.5) is 11.6 Å². The minimum Gasteiger partial charge on any atom is -0.324 e. The smallest absolute Gasteiger partial charge is 0.260 e. The van der Waals surface area contributed by atoms with Gasteiger partial charge in [-0.05, 0) is 74.3 Å². The molecule has 0 saturated carbocycles. The lowest BCUT2D eigenvalue weighted by molar-refractivity contribution is 0.370. The van der Waals surface area contributed by atoms with Crippen LogP contribution in [-0.4, -0.2) is 44.6 Å². The van der Waals surface area contributed by atoms with Crippen molar-refractivity contribution in [3.05, 3.63) is 106 Å². The van der Waals surface area contributed by atoms with Crippen molar-refractivity contribution in [2.45, 2.75) is 26.8 Å². The van der Waals surface area contributed by atoms with Gasteiger partial charge in [0, 0.05) is 70.5 Å². The first-order valence-electron chi connectivity index (χ1n) is 13.8. The molecule has 1 aliphatic heterocycles. The summed E-state index contributed by atoms with van der Waals surface area (Å²) < 4.78 is 1.67. The van der Waals surface area contributed by atoms with Crippen LogP contribution in [0.3, 0.4) is 0 Å². The van der Waals surface area contributed by atoms with E-state index in [0.717, 1.165) is 47.4 Å². The Balaban J connectivity index is 1.30. The number of anilines is 2. The summed E-state index contributed by atoms with van der Waals surface area (Å²) in [5.74, 6) is 0.437. The van der Waals surface area contributed by atoms with E-state index in [0.29, 0.717) is 34.3 Å². The molecule has 3 aromatic heterocycles. The van der Waals surface area contributed by atoms with Crippen LogP contribution in [0.1, 0.15) is 24.6 Å². The summed E-state index contributed by atoms with van der Waals surface area (Å²) in [4.78, 5) is 29.6. The summed E-state index contributed by atoms with van der Waals surface area (Å²) in [6, 6.07) is 19.8. The van der Waals surface area contributed by atoms with E-state index in [2.05, 4.69) is 45.4 Å². The molecular weight excluding hydrogens is 532 g/mol. The molecule has 0 saturated heterocycles. The van der Waals surface area contributed by atoms with Gasteiger partial charge in [-0.3, -0.25) is 14.3 Å². The zero-order valence-corrected chi connectivity index (χ0v) is 24.1. The third kappa shape index (κ3) is 5.38. The van der Waals surface area contributed by atoms with Crippen molar-refractivity contribution < 1.29 is 0 Å². The standard InChI is InChI=1S/C33H31ClN6O/c1-4-40-31-25(18-29(32(40)41)28-12-9-24(19-30(28)34)27-6-5-15-35-21(27)2)20-36-33(38-31)37-26-10-7-22(8-11-26)23-13-16-39(3)17-14-23/h5-13,15,18-20H,4,14,16-17H2,1-3H3,(H,36,37,38). The average molecular weight is 563 g/mol. The van der Waals surface area contributed by atoms with Gasteiger partial charge in [0.25, 0.3) is 5.56 Å². The molecule has 0 spiro atoms. The van der Waals surface area contributed by atoms with Crippen molar-refractivity contribution in [1.82, 2.24) is 24.4 Å². The normalized spacial score (nSPS) is 13.8. The van der Waals surface area contributed by atoms with Crippen LogP contribution in [0.2, 0.25) is 5.02 Å². The highest BCUT2D eigenvalue weighted by Gasteiger charge is 2.16. The molecule has 7 nitrogen and oxygen atoms in total. The first-order chi connectivity index (χ1) is 19.9. The fourth-order valence-electron chi connectivity index (χ4n) is 5.33. The first kappa shape index (κ1) is 26.9. The molecule has 8 heteroatoms. The Morgan fingerprint density at radius 1 is 0.976 bits per heavy atom. The number of halogens is 1. The Hall–Kier alpha value is -4.33. The maximum Gasteiger partial charge on any atom is 0.260 e. The van der Waals surface area contributed by atoms with E-state index in [1.807, 2.05) is 62.4 Å². The van der Waals surface area contributed by atoms with Crippen LogP contribution in [0.25, 0.3) is 38.9 Å². The highest BCUT2D eigenvalue weighted by atomic mass is 35.5. The van der Waals surface area contributed by atoms with Crippen molar-refractivity contribution in [3.8, 4) is 22.3 Å². The van der Waals surface area contributed by atoms with Crippen LogP contribution >= 0.6 is 11.6 Å². The van der Waals surface area contributed by atoms with Gasteiger partial charge in [0.1, 0.15) is 5.65 Å². The summed E-state index contributed by atoms with van der Waals surface area (Å²) in [5.41, 5.74) is 8.00. The largest absolute Gasteiger partial charge is 0.324 e. The molecule has 5 aromatic rings. The Morgan fingerprint density at radius 3 is 2.49 bits per heavy atom. The zero-order chi connectivity index (χ0) is 28.5. The van der Waals surface area contributed by atoms with Crippen LogP contribution in [0, 0.1) is 6.92 Å². The molecule has 0 bridgehead atoms. The minimum atomic E-state index is -0.146. The van der Waals surface area contributed by atoms with Gasteiger partial charge in [-0.15, -0.1) is 0 Å². The summed E-state index contributed by atoms with van der Waals surface area (Å²) in [7, 11) is 2.14.